The monoisotopic (exact) mass is 302 g/mol. The molecular formula is C14H17F3N2O2. The van der Waals surface area contributed by atoms with E-state index in [-0.39, 0.29) is 11.5 Å². The molecule has 1 aromatic rings. The summed E-state index contributed by atoms with van der Waals surface area (Å²) in [6, 6.07) is 3.24. The molecule has 0 spiro atoms. The molecule has 0 aliphatic rings. The summed E-state index contributed by atoms with van der Waals surface area (Å²) in [7, 11) is 0. The highest BCUT2D eigenvalue weighted by molar-refractivity contribution is 5.97. The van der Waals surface area contributed by atoms with Gasteiger partial charge in [0, 0.05) is 12.1 Å². The topological polar surface area (TPSA) is 58.2 Å². The Morgan fingerprint density at radius 3 is 2.52 bits per heavy atom. The van der Waals surface area contributed by atoms with E-state index in [0.717, 1.165) is 24.6 Å². The molecule has 0 saturated heterocycles. The molecule has 116 valence electrons. The van der Waals surface area contributed by atoms with Crippen molar-refractivity contribution in [1.82, 2.24) is 10.6 Å². The fourth-order valence-corrected chi connectivity index (χ4v) is 1.58. The van der Waals surface area contributed by atoms with Gasteiger partial charge in [-0.3, -0.25) is 9.59 Å². The summed E-state index contributed by atoms with van der Waals surface area (Å²) in [4.78, 5) is 23.4. The normalized spacial score (nSPS) is 12.6. The maximum absolute atomic E-state index is 12.6. The van der Waals surface area contributed by atoms with Crippen molar-refractivity contribution in [3.8, 4) is 0 Å². The number of hydrogen-bond acceptors (Lipinski definition) is 2. The zero-order valence-electron chi connectivity index (χ0n) is 11.8. The molecule has 7 heteroatoms. The van der Waals surface area contributed by atoms with E-state index in [4.69, 9.17) is 0 Å². The highest BCUT2D eigenvalue weighted by atomic mass is 19.4. The van der Waals surface area contributed by atoms with Crippen molar-refractivity contribution in [1.29, 1.82) is 0 Å². The predicted molar refractivity (Wildman–Crippen MR) is 71.7 cm³/mol. The minimum Gasteiger partial charge on any atom is -0.354 e. The molecule has 2 N–H and O–H groups in total. The van der Waals surface area contributed by atoms with Gasteiger partial charge in [-0.15, -0.1) is 0 Å². The first-order chi connectivity index (χ1) is 9.75. The number of nitrogens with one attached hydrogen (secondary N) is 2. The molecule has 2 amide bonds. The van der Waals surface area contributed by atoms with Gasteiger partial charge in [-0.1, -0.05) is 13.0 Å². The van der Waals surface area contributed by atoms with Gasteiger partial charge in [0.2, 0.25) is 5.91 Å². The van der Waals surface area contributed by atoms with Crippen LogP contribution in [0.2, 0.25) is 0 Å². The molecule has 0 aliphatic heterocycles. The van der Waals surface area contributed by atoms with Crippen molar-refractivity contribution >= 4 is 11.8 Å². The highest BCUT2D eigenvalue weighted by Gasteiger charge is 2.31. The second-order valence-corrected chi connectivity index (χ2v) is 4.56. The molecule has 0 heterocycles. The maximum Gasteiger partial charge on any atom is 0.416 e. The van der Waals surface area contributed by atoms with Crippen LogP contribution in [0.15, 0.2) is 24.3 Å². The van der Waals surface area contributed by atoms with E-state index in [1.807, 2.05) is 6.92 Å². The van der Waals surface area contributed by atoms with Crippen LogP contribution >= 0.6 is 0 Å². The van der Waals surface area contributed by atoms with Crippen molar-refractivity contribution < 1.29 is 22.8 Å². The van der Waals surface area contributed by atoms with Crippen LogP contribution in [0.25, 0.3) is 0 Å². The lowest BCUT2D eigenvalue weighted by atomic mass is 10.1. The van der Waals surface area contributed by atoms with E-state index in [1.54, 1.807) is 0 Å². The van der Waals surface area contributed by atoms with E-state index < -0.39 is 23.7 Å². The lowest BCUT2D eigenvalue weighted by Gasteiger charge is -2.14. The largest absolute Gasteiger partial charge is 0.416 e. The summed E-state index contributed by atoms with van der Waals surface area (Å²) in [5, 5.41) is 4.96. The number of rotatable bonds is 5. The van der Waals surface area contributed by atoms with Gasteiger partial charge < -0.3 is 10.6 Å². The molecule has 1 rings (SSSR count). The number of carbonyl (C=O) groups excluding carboxylic acids is 2. The number of benzene rings is 1. The Bertz CT molecular complexity index is 515. The Morgan fingerprint density at radius 2 is 1.95 bits per heavy atom. The molecule has 1 aromatic carbocycles. The standard InChI is InChI=1S/C14H17F3N2O2/c1-3-7-18-12(20)9(2)19-13(21)10-5-4-6-11(8-10)14(15,16)17/h4-6,8-9H,3,7H2,1-2H3,(H,18,20)(H,19,21)/t9-/m0/s1. The summed E-state index contributed by atoms with van der Waals surface area (Å²) in [5.41, 5.74) is -1.04. The molecular weight excluding hydrogens is 285 g/mol. The third-order valence-electron chi connectivity index (χ3n) is 2.74. The van der Waals surface area contributed by atoms with Crippen LogP contribution in [0.3, 0.4) is 0 Å². The number of hydrogen-bond donors (Lipinski definition) is 2. The quantitative estimate of drug-likeness (QED) is 0.877. The molecule has 0 saturated carbocycles. The predicted octanol–water partition coefficient (Wildman–Crippen LogP) is 2.35. The number of alkyl halides is 3. The molecule has 0 fully saturated rings. The lowest BCUT2D eigenvalue weighted by molar-refractivity contribution is -0.137. The minimum atomic E-state index is -4.51. The van der Waals surface area contributed by atoms with Gasteiger partial charge in [0.15, 0.2) is 0 Å². The van der Waals surface area contributed by atoms with Crippen LogP contribution in [0.1, 0.15) is 36.2 Å². The number of carbonyl (C=O) groups is 2. The highest BCUT2D eigenvalue weighted by Crippen LogP contribution is 2.29. The van der Waals surface area contributed by atoms with E-state index in [1.165, 1.54) is 13.0 Å². The number of amides is 2. The zero-order valence-corrected chi connectivity index (χ0v) is 11.8. The minimum absolute atomic E-state index is 0.139. The summed E-state index contributed by atoms with van der Waals surface area (Å²) < 4.78 is 37.7. The summed E-state index contributed by atoms with van der Waals surface area (Å²) >= 11 is 0. The van der Waals surface area contributed by atoms with Crippen LogP contribution in [-0.2, 0) is 11.0 Å². The van der Waals surface area contributed by atoms with Crippen molar-refractivity contribution in [2.75, 3.05) is 6.54 Å². The van der Waals surface area contributed by atoms with Crippen LogP contribution in [-0.4, -0.2) is 24.4 Å². The Kier molecular flexibility index (Phi) is 5.75. The van der Waals surface area contributed by atoms with Gasteiger partial charge in [0.25, 0.3) is 5.91 Å². The molecule has 0 radical (unpaired) electrons. The van der Waals surface area contributed by atoms with Crippen molar-refractivity contribution in [3.63, 3.8) is 0 Å². The smallest absolute Gasteiger partial charge is 0.354 e. The second kappa shape index (κ2) is 7.10. The third-order valence-corrected chi connectivity index (χ3v) is 2.74. The number of halogens is 3. The van der Waals surface area contributed by atoms with Crippen LogP contribution in [0.4, 0.5) is 13.2 Å². The first-order valence-corrected chi connectivity index (χ1v) is 6.51. The Hall–Kier alpha value is -2.05. The molecule has 21 heavy (non-hydrogen) atoms. The van der Waals surface area contributed by atoms with Gasteiger partial charge in [-0.05, 0) is 31.5 Å². The van der Waals surface area contributed by atoms with E-state index in [2.05, 4.69) is 10.6 Å². The summed E-state index contributed by atoms with van der Waals surface area (Å²) in [6.45, 7) is 3.82. The molecule has 0 unspecified atom stereocenters. The zero-order chi connectivity index (χ0) is 16.0. The second-order valence-electron chi connectivity index (χ2n) is 4.56. The molecule has 0 aliphatic carbocycles. The van der Waals surface area contributed by atoms with Gasteiger partial charge >= 0.3 is 6.18 Å². The molecule has 0 aromatic heterocycles. The van der Waals surface area contributed by atoms with E-state index in [9.17, 15) is 22.8 Å². The van der Waals surface area contributed by atoms with Gasteiger partial charge in [-0.25, -0.2) is 0 Å². The van der Waals surface area contributed by atoms with Crippen LogP contribution in [0.5, 0.6) is 0 Å². The van der Waals surface area contributed by atoms with Crippen molar-refractivity contribution in [3.05, 3.63) is 35.4 Å². The van der Waals surface area contributed by atoms with Crippen LogP contribution in [0, 0.1) is 0 Å². The van der Waals surface area contributed by atoms with E-state index >= 15 is 0 Å². The third kappa shape index (κ3) is 5.09. The Labute approximate surface area is 120 Å². The van der Waals surface area contributed by atoms with Crippen LogP contribution < -0.4 is 10.6 Å². The van der Waals surface area contributed by atoms with Gasteiger partial charge in [-0.2, -0.15) is 13.2 Å². The maximum atomic E-state index is 12.6. The SMILES string of the molecule is CCCNC(=O)[C@H](C)NC(=O)c1cccc(C(F)(F)F)c1. The summed E-state index contributed by atoms with van der Waals surface area (Å²) in [5.74, 6) is -1.10. The van der Waals surface area contributed by atoms with Gasteiger partial charge in [0.05, 0.1) is 5.56 Å². The van der Waals surface area contributed by atoms with Gasteiger partial charge in [0.1, 0.15) is 6.04 Å². The Balaban J connectivity index is 2.74. The molecule has 4 nitrogen and oxygen atoms in total. The fraction of sp³-hybridized carbons (Fsp3) is 0.429. The molecule has 1 atom stereocenters. The summed E-state index contributed by atoms with van der Waals surface area (Å²) in [6.07, 6.45) is -3.76. The van der Waals surface area contributed by atoms with Crippen molar-refractivity contribution in [2.45, 2.75) is 32.5 Å². The Morgan fingerprint density at radius 1 is 1.29 bits per heavy atom. The fourth-order valence-electron chi connectivity index (χ4n) is 1.58. The average molecular weight is 302 g/mol. The lowest BCUT2D eigenvalue weighted by Crippen LogP contribution is -2.45. The first kappa shape index (κ1) is 17.0. The van der Waals surface area contributed by atoms with Crippen molar-refractivity contribution in [2.24, 2.45) is 0 Å². The first-order valence-electron chi connectivity index (χ1n) is 6.51. The molecule has 0 bridgehead atoms. The average Bonchev–Trinajstić information content (AvgIpc) is 2.43. The van der Waals surface area contributed by atoms with E-state index in [0.29, 0.717) is 6.54 Å².